The SMILES string of the molecule is CC(C)(O)C(F)CNC(=O)c1cnc(Nc2ccn3nccc3n2)cc1NC1CCC1. The van der Waals surface area contributed by atoms with Gasteiger partial charge in [0.05, 0.1) is 29.6 Å². The second-order valence-corrected chi connectivity index (χ2v) is 8.29. The van der Waals surface area contributed by atoms with Crippen molar-refractivity contribution in [3.05, 3.63) is 42.4 Å². The summed E-state index contributed by atoms with van der Waals surface area (Å²) in [7, 11) is 0. The van der Waals surface area contributed by atoms with E-state index in [9.17, 15) is 14.3 Å². The molecule has 0 aromatic carbocycles. The van der Waals surface area contributed by atoms with Crippen LogP contribution in [0.5, 0.6) is 0 Å². The molecular formula is C21H26FN7O2. The van der Waals surface area contributed by atoms with Gasteiger partial charge in [0, 0.05) is 30.6 Å². The Balaban J connectivity index is 1.53. The number of alkyl halides is 1. The number of pyridine rings is 1. The molecule has 4 N–H and O–H groups in total. The fourth-order valence-corrected chi connectivity index (χ4v) is 3.14. The van der Waals surface area contributed by atoms with Crippen molar-refractivity contribution in [2.24, 2.45) is 0 Å². The topological polar surface area (TPSA) is 116 Å². The maximum atomic E-state index is 14.0. The normalized spacial score (nSPS) is 15.4. The number of rotatable bonds is 8. The first-order valence-corrected chi connectivity index (χ1v) is 10.3. The Bertz CT molecular complexity index is 1080. The van der Waals surface area contributed by atoms with Crippen LogP contribution in [-0.4, -0.2) is 55.0 Å². The molecule has 9 nitrogen and oxygen atoms in total. The fourth-order valence-electron chi connectivity index (χ4n) is 3.14. The number of nitrogens with zero attached hydrogens (tertiary/aromatic N) is 4. The van der Waals surface area contributed by atoms with Gasteiger partial charge >= 0.3 is 0 Å². The number of hydrogen-bond acceptors (Lipinski definition) is 7. The second-order valence-electron chi connectivity index (χ2n) is 8.29. The van der Waals surface area contributed by atoms with Gasteiger partial charge in [-0.15, -0.1) is 0 Å². The van der Waals surface area contributed by atoms with E-state index in [1.807, 2.05) is 0 Å². The van der Waals surface area contributed by atoms with E-state index in [1.165, 1.54) is 20.0 Å². The van der Waals surface area contributed by atoms with Gasteiger partial charge < -0.3 is 21.1 Å². The Kier molecular flexibility index (Phi) is 5.73. The van der Waals surface area contributed by atoms with Crippen LogP contribution in [0, 0.1) is 0 Å². The summed E-state index contributed by atoms with van der Waals surface area (Å²) in [5.74, 6) is 0.666. The zero-order valence-corrected chi connectivity index (χ0v) is 17.5. The number of hydrogen-bond donors (Lipinski definition) is 4. The van der Waals surface area contributed by atoms with E-state index in [1.54, 1.807) is 35.1 Å². The van der Waals surface area contributed by atoms with Crippen molar-refractivity contribution in [2.45, 2.75) is 50.9 Å². The third-order valence-corrected chi connectivity index (χ3v) is 5.34. The Morgan fingerprint density at radius 2 is 2.16 bits per heavy atom. The predicted molar refractivity (Wildman–Crippen MR) is 115 cm³/mol. The van der Waals surface area contributed by atoms with E-state index in [2.05, 4.69) is 31.0 Å². The molecule has 1 amide bonds. The lowest BCUT2D eigenvalue weighted by Gasteiger charge is -2.28. The van der Waals surface area contributed by atoms with Crippen LogP contribution >= 0.6 is 0 Å². The maximum absolute atomic E-state index is 14.0. The highest BCUT2D eigenvalue weighted by Crippen LogP contribution is 2.27. The molecular weight excluding hydrogens is 401 g/mol. The number of aliphatic hydroxyl groups is 1. The molecule has 1 aliphatic carbocycles. The molecule has 4 rings (SSSR count). The first kappa shape index (κ1) is 21.0. The lowest BCUT2D eigenvalue weighted by atomic mass is 9.92. The molecule has 3 aromatic rings. The maximum Gasteiger partial charge on any atom is 0.255 e. The standard InChI is InChI=1S/C21H26FN7O2/c1-21(2,31)16(22)12-24-20(30)14-11-23-18(10-15(14)26-13-4-3-5-13)27-17-7-9-29-19(28-17)6-8-25-29/h6-11,13,16,31H,3-5,12H2,1-2H3,(H,24,30)(H2,23,26,27,28). The highest BCUT2D eigenvalue weighted by Gasteiger charge is 2.27. The summed E-state index contributed by atoms with van der Waals surface area (Å²) in [6, 6.07) is 5.60. The molecule has 164 valence electrons. The lowest BCUT2D eigenvalue weighted by Crippen LogP contribution is -2.42. The molecule has 1 aliphatic rings. The van der Waals surface area contributed by atoms with Crippen LogP contribution in [0.2, 0.25) is 0 Å². The molecule has 3 heterocycles. The largest absolute Gasteiger partial charge is 0.387 e. The van der Waals surface area contributed by atoms with E-state index >= 15 is 0 Å². The van der Waals surface area contributed by atoms with E-state index in [4.69, 9.17) is 0 Å². The van der Waals surface area contributed by atoms with Crippen LogP contribution in [-0.2, 0) is 0 Å². The summed E-state index contributed by atoms with van der Waals surface area (Å²) in [6.45, 7) is 2.44. The van der Waals surface area contributed by atoms with Crippen molar-refractivity contribution < 1.29 is 14.3 Å². The molecule has 1 unspecified atom stereocenters. The van der Waals surface area contributed by atoms with Crippen molar-refractivity contribution in [2.75, 3.05) is 17.2 Å². The molecule has 1 fully saturated rings. The monoisotopic (exact) mass is 427 g/mol. The molecule has 31 heavy (non-hydrogen) atoms. The van der Waals surface area contributed by atoms with Crippen molar-refractivity contribution >= 4 is 28.9 Å². The summed E-state index contributed by atoms with van der Waals surface area (Å²) in [6.07, 6.45) is 6.51. The number of amides is 1. The molecule has 1 atom stereocenters. The van der Waals surface area contributed by atoms with E-state index in [-0.39, 0.29) is 12.6 Å². The molecule has 0 radical (unpaired) electrons. The minimum absolute atomic E-state index is 0.286. The summed E-state index contributed by atoms with van der Waals surface area (Å²) >= 11 is 0. The smallest absolute Gasteiger partial charge is 0.255 e. The third-order valence-electron chi connectivity index (χ3n) is 5.34. The van der Waals surface area contributed by atoms with Gasteiger partial charge in [-0.05, 0) is 39.2 Å². The number of carbonyl (C=O) groups excluding carboxylic acids is 1. The second kappa shape index (κ2) is 8.46. The number of halogens is 1. The third kappa shape index (κ3) is 4.91. The number of fused-ring (bicyclic) bond motifs is 1. The van der Waals surface area contributed by atoms with Crippen LogP contribution in [0.15, 0.2) is 36.8 Å². The Labute approximate surface area is 179 Å². The summed E-state index contributed by atoms with van der Waals surface area (Å²) in [5.41, 5.74) is 0.0976. The molecule has 0 spiro atoms. The highest BCUT2D eigenvalue weighted by atomic mass is 19.1. The molecule has 3 aromatic heterocycles. The minimum atomic E-state index is -1.59. The Hall–Kier alpha value is -3.27. The Morgan fingerprint density at radius 1 is 1.35 bits per heavy atom. The number of nitrogens with one attached hydrogen (secondary N) is 3. The Morgan fingerprint density at radius 3 is 2.87 bits per heavy atom. The predicted octanol–water partition coefficient (Wildman–Crippen LogP) is 2.67. The molecule has 0 bridgehead atoms. The van der Waals surface area contributed by atoms with E-state index < -0.39 is 17.7 Å². The highest BCUT2D eigenvalue weighted by molar-refractivity contribution is 5.99. The van der Waals surface area contributed by atoms with Crippen molar-refractivity contribution in [1.29, 1.82) is 0 Å². The molecule has 0 aliphatic heterocycles. The van der Waals surface area contributed by atoms with Crippen LogP contribution in [0.3, 0.4) is 0 Å². The van der Waals surface area contributed by atoms with Gasteiger partial charge in [-0.25, -0.2) is 18.9 Å². The summed E-state index contributed by atoms with van der Waals surface area (Å²) < 4.78 is 15.7. The number of anilines is 3. The molecule has 0 saturated heterocycles. The van der Waals surface area contributed by atoms with E-state index in [0.717, 1.165) is 19.3 Å². The zero-order chi connectivity index (χ0) is 22.0. The average Bonchev–Trinajstić information content (AvgIpc) is 3.16. The van der Waals surface area contributed by atoms with Gasteiger partial charge in [0.25, 0.3) is 5.91 Å². The van der Waals surface area contributed by atoms with Crippen LogP contribution in [0.25, 0.3) is 5.65 Å². The number of carbonyl (C=O) groups is 1. The number of aromatic nitrogens is 4. The molecule has 1 saturated carbocycles. The van der Waals surface area contributed by atoms with Crippen LogP contribution in [0.4, 0.5) is 21.7 Å². The summed E-state index contributed by atoms with van der Waals surface area (Å²) in [5, 5.41) is 22.9. The van der Waals surface area contributed by atoms with Crippen molar-refractivity contribution in [3.63, 3.8) is 0 Å². The van der Waals surface area contributed by atoms with Crippen LogP contribution < -0.4 is 16.0 Å². The first-order chi connectivity index (χ1) is 14.8. The average molecular weight is 427 g/mol. The quantitative estimate of drug-likeness (QED) is 0.437. The molecule has 10 heteroatoms. The van der Waals surface area contributed by atoms with Gasteiger partial charge in [-0.3, -0.25) is 4.79 Å². The summed E-state index contributed by atoms with van der Waals surface area (Å²) in [4.78, 5) is 21.5. The van der Waals surface area contributed by atoms with Gasteiger partial charge in [0.2, 0.25) is 0 Å². The van der Waals surface area contributed by atoms with Gasteiger partial charge in [0.15, 0.2) is 5.65 Å². The van der Waals surface area contributed by atoms with Crippen molar-refractivity contribution in [3.8, 4) is 0 Å². The van der Waals surface area contributed by atoms with Crippen LogP contribution in [0.1, 0.15) is 43.5 Å². The zero-order valence-electron chi connectivity index (χ0n) is 17.5. The van der Waals surface area contributed by atoms with Gasteiger partial charge in [-0.1, -0.05) is 0 Å². The lowest BCUT2D eigenvalue weighted by molar-refractivity contribution is -0.00177. The minimum Gasteiger partial charge on any atom is -0.387 e. The van der Waals surface area contributed by atoms with Crippen molar-refractivity contribution in [1.82, 2.24) is 24.9 Å². The van der Waals surface area contributed by atoms with Gasteiger partial charge in [0.1, 0.15) is 17.8 Å². The first-order valence-electron chi connectivity index (χ1n) is 10.3. The fraction of sp³-hybridized carbons (Fsp3) is 0.429. The van der Waals surface area contributed by atoms with E-state index in [0.29, 0.717) is 28.5 Å². The van der Waals surface area contributed by atoms with Gasteiger partial charge in [-0.2, -0.15) is 5.10 Å².